The zero-order valence-corrected chi connectivity index (χ0v) is 10.6. The smallest absolute Gasteiger partial charge is 0.0946 e. The molecule has 3 atom stereocenters. The lowest BCUT2D eigenvalue weighted by Crippen LogP contribution is -2.66. The number of nitrogens with zero attached hydrogens (tertiary/aromatic N) is 2. The molecule has 0 amide bonds. The van der Waals surface area contributed by atoms with Crippen LogP contribution in [0, 0.1) is 11.3 Å². The second kappa shape index (κ2) is 4.10. The minimum absolute atomic E-state index is 0.288. The molecule has 2 aliphatic rings. The topological polar surface area (TPSA) is 39.1 Å². The number of imidazole rings is 1. The molecule has 1 aliphatic heterocycles. The summed E-state index contributed by atoms with van der Waals surface area (Å²) in [6.45, 7) is 7.57. The molecule has 1 saturated heterocycles. The summed E-state index contributed by atoms with van der Waals surface area (Å²) >= 11 is 0. The molecule has 0 spiro atoms. The van der Waals surface area contributed by atoms with Crippen LogP contribution in [0.1, 0.15) is 20.3 Å². The van der Waals surface area contributed by atoms with E-state index in [0.717, 1.165) is 25.6 Å². The van der Waals surface area contributed by atoms with E-state index in [4.69, 9.17) is 4.74 Å². The van der Waals surface area contributed by atoms with Gasteiger partial charge in [-0.2, -0.15) is 0 Å². The van der Waals surface area contributed by atoms with Crippen molar-refractivity contribution in [3.8, 4) is 0 Å². The van der Waals surface area contributed by atoms with Gasteiger partial charge < -0.3 is 14.6 Å². The summed E-state index contributed by atoms with van der Waals surface area (Å²) in [6, 6.07) is 0.610. The Morgan fingerprint density at radius 3 is 3.18 bits per heavy atom. The Morgan fingerprint density at radius 1 is 1.53 bits per heavy atom. The van der Waals surface area contributed by atoms with Crippen molar-refractivity contribution in [2.75, 3.05) is 13.2 Å². The zero-order chi connectivity index (χ0) is 11.9. The first kappa shape index (κ1) is 11.2. The van der Waals surface area contributed by atoms with E-state index in [1.807, 2.05) is 18.7 Å². The summed E-state index contributed by atoms with van der Waals surface area (Å²) in [6.07, 6.45) is 7.41. The number of fused-ring (bicyclic) bond motifs is 1. The van der Waals surface area contributed by atoms with E-state index >= 15 is 0 Å². The fraction of sp³-hybridized carbons (Fsp3) is 0.769. The average molecular weight is 235 g/mol. The molecule has 2 fully saturated rings. The monoisotopic (exact) mass is 235 g/mol. The third-order valence-corrected chi connectivity index (χ3v) is 4.39. The lowest BCUT2D eigenvalue weighted by molar-refractivity contribution is -0.112. The summed E-state index contributed by atoms with van der Waals surface area (Å²) < 4.78 is 7.91. The van der Waals surface area contributed by atoms with E-state index in [2.05, 4.69) is 28.7 Å². The Balaban J connectivity index is 1.52. The van der Waals surface area contributed by atoms with Crippen LogP contribution in [0.25, 0.3) is 0 Å². The molecule has 0 bridgehead atoms. The first-order chi connectivity index (χ1) is 8.19. The molecule has 17 heavy (non-hydrogen) atoms. The van der Waals surface area contributed by atoms with Crippen LogP contribution in [0.5, 0.6) is 0 Å². The molecule has 1 N–H and O–H groups in total. The van der Waals surface area contributed by atoms with Crippen LogP contribution in [0.4, 0.5) is 0 Å². The molecular formula is C13H21N3O. The standard InChI is InChI=1S/C13H21N3O/c1-13(2)11(10-3-8-17-12(10)13)15-5-7-16-6-4-14-9-16/h4,6,9-12,15H,3,5,7-8H2,1-2H3. The van der Waals surface area contributed by atoms with Gasteiger partial charge in [-0.3, -0.25) is 0 Å². The van der Waals surface area contributed by atoms with E-state index in [-0.39, 0.29) is 5.41 Å². The quantitative estimate of drug-likeness (QED) is 0.854. The van der Waals surface area contributed by atoms with Gasteiger partial charge in [0.2, 0.25) is 0 Å². The van der Waals surface area contributed by atoms with Gasteiger partial charge in [0.25, 0.3) is 0 Å². The highest BCUT2D eigenvalue weighted by Gasteiger charge is 2.58. The highest BCUT2D eigenvalue weighted by atomic mass is 16.5. The van der Waals surface area contributed by atoms with Crippen molar-refractivity contribution in [3.63, 3.8) is 0 Å². The number of hydrogen-bond acceptors (Lipinski definition) is 3. The Morgan fingerprint density at radius 2 is 2.41 bits per heavy atom. The van der Waals surface area contributed by atoms with E-state index in [0.29, 0.717) is 12.1 Å². The second-order valence-electron chi connectivity index (χ2n) is 5.80. The lowest BCUT2D eigenvalue weighted by Gasteiger charge is -2.55. The van der Waals surface area contributed by atoms with Crippen molar-refractivity contribution < 1.29 is 4.74 Å². The van der Waals surface area contributed by atoms with Gasteiger partial charge in [0, 0.05) is 49.5 Å². The molecule has 1 aliphatic carbocycles. The van der Waals surface area contributed by atoms with Gasteiger partial charge in [-0.1, -0.05) is 13.8 Å². The van der Waals surface area contributed by atoms with E-state index in [9.17, 15) is 0 Å². The predicted octanol–water partition coefficient (Wildman–Crippen LogP) is 1.29. The van der Waals surface area contributed by atoms with Gasteiger partial charge in [0.05, 0.1) is 12.4 Å². The zero-order valence-electron chi connectivity index (χ0n) is 10.6. The van der Waals surface area contributed by atoms with Crippen molar-refractivity contribution in [1.29, 1.82) is 0 Å². The summed E-state index contributed by atoms with van der Waals surface area (Å²) in [5, 5.41) is 3.69. The Kier molecular flexibility index (Phi) is 2.71. The molecule has 1 aromatic rings. The molecule has 94 valence electrons. The second-order valence-corrected chi connectivity index (χ2v) is 5.80. The maximum Gasteiger partial charge on any atom is 0.0946 e. The minimum atomic E-state index is 0.288. The van der Waals surface area contributed by atoms with Gasteiger partial charge in [-0.15, -0.1) is 0 Å². The fourth-order valence-electron chi connectivity index (χ4n) is 3.51. The lowest BCUT2D eigenvalue weighted by atomic mass is 9.57. The molecule has 1 aromatic heterocycles. The van der Waals surface area contributed by atoms with Gasteiger partial charge >= 0.3 is 0 Å². The maximum absolute atomic E-state index is 5.79. The molecule has 4 heteroatoms. The summed E-state index contributed by atoms with van der Waals surface area (Å²) in [7, 11) is 0. The first-order valence-electron chi connectivity index (χ1n) is 6.50. The molecule has 2 heterocycles. The molecule has 3 rings (SSSR count). The number of nitrogens with one attached hydrogen (secondary N) is 1. The maximum atomic E-state index is 5.79. The highest BCUT2D eigenvalue weighted by molar-refractivity contribution is 5.11. The third kappa shape index (κ3) is 1.79. The van der Waals surface area contributed by atoms with Gasteiger partial charge in [-0.25, -0.2) is 4.98 Å². The van der Waals surface area contributed by atoms with E-state index in [1.165, 1.54) is 6.42 Å². The van der Waals surface area contributed by atoms with Crippen LogP contribution >= 0.6 is 0 Å². The third-order valence-electron chi connectivity index (χ3n) is 4.39. The van der Waals surface area contributed by atoms with Gasteiger partial charge in [0.15, 0.2) is 0 Å². The van der Waals surface area contributed by atoms with Crippen LogP contribution in [0.3, 0.4) is 0 Å². The molecular weight excluding hydrogens is 214 g/mol. The van der Waals surface area contributed by atoms with Crippen LogP contribution in [0.15, 0.2) is 18.7 Å². The van der Waals surface area contributed by atoms with Crippen LogP contribution in [-0.4, -0.2) is 34.8 Å². The average Bonchev–Trinajstić information content (AvgIpc) is 2.94. The van der Waals surface area contributed by atoms with Crippen molar-refractivity contribution in [1.82, 2.24) is 14.9 Å². The number of ether oxygens (including phenoxy) is 1. The van der Waals surface area contributed by atoms with Crippen LogP contribution in [-0.2, 0) is 11.3 Å². The molecule has 1 saturated carbocycles. The fourth-order valence-corrected chi connectivity index (χ4v) is 3.51. The molecule has 3 unspecified atom stereocenters. The van der Waals surface area contributed by atoms with Gasteiger partial charge in [-0.05, 0) is 6.42 Å². The Bertz CT molecular complexity index is 374. The summed E-state index contributed by atoms with van der Waals surface area (Å²) in [5.74, 6) is 0.729. The highest BCUT2D eigenvalue weighted by Crippen LogP contribution is 2.51. The Hall–Kier alpha value is -0.870. The van der Waals surface area contributed by atoms with Crippen LogP contribution in [0.2, 0.25) is 0 Å². The molecule has 0 radical (unpaired) electrons. The molecule has 0 aromatic carbocycles. The van der Waals surface area contributed by atoms with Crippen molar-refractivity contribution in [3.05, 3.63) is 18.7 Å². The summed E-state index contributed by atoms with van der Waals surface area (Å²) in [5.41, 5.74) is 0.288. The number of rotatable bonds is 4. The SMILES string of the molecule is CC1(C)C(NCCn2ccnc2)C2CCOC21. The van der Waals surface area contributed by atoms with Crippen molar-refractivity contribution in [2.45, 2.75) is 39.0 Å². The van der Waals surface area contributed by atoms with Crippen molar-refractivity contribution in [2.24, 2.45) is 11.3 Å². The summed E-state index contributed by atoms with van der Waals surface area (Å²) in [4.78, 5) is 4.05. The largest absolute Gasteiger partial charge is 0.377 e. The number of hydrogen-bond donors (Lipinski definition) is 1. The number of aromatic nitrogens is 2. The van der Waals surface area contributed by atoms with Gasteiger partial charge in [0.1, 0.15) is 0 Å². The normalized spacial score (nSPS) is 34.4. The van der Waals surface area contributed by atoms with E-state index < -0.39 is 0 Å². The molecule has 4 nitrogen and oxygen atoms in total. The first-order valence-corrected chi connectivity index (χ1v) is 6.50. The Labute approximate surface area is 102 Å². The van der Waals surface area contributed by atoms with E-state index in [1.54, 1.807) is 0 Å². The predicted molar refractivity (Wildman–Crippen MR) is 65.6 cm³/mol. The van der Waals surface area contributed by atoms with Crippen LogP contribution < -0.4 is 5.32 Å². The van der Waals surface area contributed by atoms with Crippen molar-refractivity contribution >= 4 is 0 Å². The minimum Gasteiger partial charge on any atom is -0.377 e.